The Morgan fingerprint density at radius 2 is 2.11 bits per heavy atom. The molecule has 98 valence electrons. The predicted octanol–water partition coefficient (Wildman–Crippen LogP) is 2.50. The molecule has 0 spiro atoms. The van der Waals surface area contributed by atoms with Crippen LogP contribution in [0.25, 0.3) is 0 Å². The fraction of sp³-hybridized carbons (Fsp3) is 0.500. The molecule has 0 saturated carbocycles. The molecule has 4 heteroatoms. The van der Waals surface area contributed by atoms with Crippen LogP contribution < -0.4 is 0 Å². The lowest BCUT2D eigenvalue weighted by atomic mass is 10.2. The first kappa shape index (κ1) is 13.6. The number of amides is 1. The first-order valence-corrected chi connectivity index (χ1v) is 7.17. The van der Waals surface area contributed by atoms with E-state index < -0.39 is 0 Å². The van der Waals surface area contributed by atoms with Crippen LogP contribution in [-0.2, 0) is 11.3 Å². The van der Waals surface area contributed by atoms with Gasteiger partial charge in [0.1, 0.15) is 0 Å². The molecule has 0 N–H and O–H groups in total. The van der Waals surface area contributed by atoms with Crippen molar-refractivity contribution >= 4 is 21.8 Å². The summed E-state index contributed by atoms with van der Waals surface area (Å²) in [5.41, 5.74) is 1.32. The molecular formula is C14H19BrN2O. The molecule has 1 saturated heterocycles. The second-order valence-corrected chi connectivity index (χ2v) is 5.68. The van der Waals surface area contributed by atoms with Crippen molar-refractivity contribution in [2.24, 2.45) is 0 Å². The minimum absolute atomic E-state index is 0.194. The molecular weight excluding hydrogens is 292 g/mol. The largest absolute Gasteiger partial charge is 0.342 e. The summed E-state index contributed by atoms with van der Waals surface area (Å²) in [7, 11) is 0. The molecule has 0 unspecified atom stereocenters. The molecule has 0 bridgehead atoms. The van der Waals surface area contributed by atoms with Crippen LogP contribution in [0.3, 0.4) is 0 Å². The van der Waals surface area contributed by atoms with Crippen molar-refractivity contribution in [1.82, 2.24) is 9.80 Å². The minimum atomic E-state index is 0.194. The molecule has 1 aliphatic rings. The molecule has 0 radical (unpaired) electrons. The predicted molar refractivity (Wildman–Crippen MR) is 76.3 cm³/mol. The molecule has 18 heavy (non-hydrogen) atoms. The zero-order chi connectivity index (χ0) is 13.0. The van der Waals surface area contributed by atoms with Crippen molar-refractivity contribution in [2.75, 3.05) is 26.2 Å². The molecule has 3 nitrogen and oxygen atoms in total. The molecule has 0 aromatic heterocycles. The summed E-state index contributed by atoms with van der Waals surface area (Å²) in [6.07, 6.45) is 1.06. The molecule has 0 atom stereocenters. The lowest BCUT2D eigenvalue weighted by molar-refractivity contribution is -0.128. The third kappa shape index (κ3) is 3.82. The van der Waals surface area contributed by atoms with Gasteiger partial charge in [-0.25, -0.2) is 0 Å². The Hall–Kier alpha value is -0.870. The Morgan fingerprint density at radius 1 is 1.28 bits per heavy atom. The van der Waals surface area contributed by atoms with E-state index in [1.165, 1.54) is 5.56 Å². The molecule has 2 rings (SSSR count). The maximum absolute atomic E-state index is 11.4. The number of benzene rings is 1. The zero-order valence-electron chi connectivity index (χ0n) is 10.7. The summed E-state index contributed by atoms with van der Waals surface area (Å²) in [5.74, 6) is 0.194. The highest BCUT2D eigenvalue weighted by atomic mass is 79.9. The van der Waals surface area contributed by atoms with Gasteiger partial charge in [-0.2, -0.15) is 0 Å². The standard InChI is InChI=1S/C14H19BrN2O/c1-12(18)17-7-3-6-16(8-9-17)11-13-4-2-5-14(15)10-13/h2,4-5,10H,3,6-9,11H2,1H3. The lowest BCUT2D eigenvalue weighted by Crippen LogP contribution is -2.33. The normalized spacial score (nSPS) is 17.6. The van der Waals surface area contributed by atoms with Crippen molar-refractivity contribution < 1.29 is 4.79 Å². The van der Waals surface area contributed by atoms with E-state index in [1.54, 1.807) is 6.92 Å². The number of halogens is 1. The van der Waals surface area contributed by atoms with Gasteiger partial charge in [0.25, 0.3) is 0 Å². The van der Waals surface area contributed by atoms with E-state index in [9.17, 15) is 4.79 Å². The van der Waals surface area contributed by atoms with Crippen molar-refractivity contribution in [1.29, 1.82) is 0 Å². The van der Waals surface area contributed by atoms with Crippen molar-refractivity contribution in [3.63, 3.8) is 0 Å². The van der Waals surface area contributed by atoms with E-state index in [-0.39, 0.29) is 5.91 Å². The maximum Gasteiger partial charge on any atom is 0.219 e. The van der Waals surface area contributed by atoms with E-state index in [0.29, 0.717) is 0 Å². The minimum Gasteiger partial charge on any atom is -0.342 e. The summed E-state index contributed by atoms with van der Waals surface area (Å²) >= 11 is 3.50. The van der Waals surface area contributed by atoms with Crippen LogP contribution in [-0.4, -0.2) is 41.9 Å². The fourth-order valence-corrected chi connectivity index (χ4v) is 2.78. The van der Waals surface area contributed by atoms with Gasteiger partial charge >= 0.3 is 0 Å². The smallest absolute Gasteiger partial charge is 0.219 e. The average Bonchev–Trinajstić information content (AvgIpc) is 2.55. The molecule has 1 amide bonds. The van der Waals surface area contributed by atoms with Gasteiger partial charge in [0.15, 0.2) is 0 Å². The summed E-state index contributed by atoms with van der Waals surface area (Å²) in [4.78, 5) is 15.7. The van der Waals surface area contributed by atoms with E-state index in [2.05, 4.69) is 39.0 Å². The number of carbonyl (C=O) groups excluding carboxylic acids is 1. The highest BCUT2D eigenvalue weighted by molar-refractivity contribution is 9.10. The molecule has 1 aliphatic heterocycles. The molecule has 0 aliphatic carbocycles. The van der Waals surface area contributed by atoms with Gasteiger partial charge in [0.2, 0.25) is 5.91 Å². The van der Waals surface area contributed by atoms with E-state index in [1.807, 2.05) is 11.0 Å². The third-order valence-electron chi connectivity index (χ3n) is 3.33. The van der Waals surface area contributed by atoms with Gasteiger partial charge in [-0.15, -0.1) is 0 Å². The van der Waals surface area contributed by atoms with E-state index in [0.717, 1.165) is 43.6 Å². The van der Waals surface area contributed by atoms with Crippen molar-refractivity contribution in [2.45, 2.75) is 19.9 Å². The number of hydrogen-bond donors (Lipinski definition) is 0. The lowest BCUT2D eigenvalue weighted by Gasteiger charge is -2.21. The Bertz CT molecular complexity index is 422. The molecule has 1 heterocycles. The number of nitrogens with zero attached hydrogens (tertiary/aromatic N) is 2. The second kappa shape index (κ2) is 6.34. The van der Waals surface area contributed by atoms with Crippen LogP contribution in [0.1, 0.15) is 18.9 Å². The fourth-order valence-electron chi connectivity index (χ4n) is 2.34. The third-order valence-corrected chi connectivity index (χ3v) is 3.82. The Balaban J connectivity index is 1.92. The monoisotopic (exact) mass is 310 g/mol. The van der Waals surface area contributed by atoms with Gasteiger partial charge in [-0.3, -0.25) is 9.69 Å². The van der Waals surface area contributed by atoms with Crippen LogP contribution in [0, 0.1) is 0 Å². The summed E-state index contributed by atoms with van der Waals surface area (Å²) in [5, 5.41) is 0. The SMILES string of the molecule is CC(=O)N1CCCN(Cc2cccc(Br)c2)CC1. The number of carbonyl (C=O) groups is 1. The van der Waals surface area contributed by atoms with E-state index >= 15 is 0 Å². The van der Waals surface area contributed by atoms with Gasteiger partial charge < -0.3 is 4.90 Å². The van der Waals surface area contributed by atoms with Gasteiger partial charge in [-0.05, 0) is 24.1 Å². The quantitative estimate of drug-likeness (QED) is 0.838. The van der Waals surface area contributed by atoms with Gasteiger partial charge in [0.05, 0.1) is 0 Å². The summed E-state index contributed by atoms with van der Waals surface area (Å²) in [6.45, 7) is 6.39. The van der Waals surface area contributed by atoms with Crippen LogP contribution in [0.5, 0.6) is 0 Å². The van der Waals surface area contributed by atoms with Gasteiger partial charge in [0, 0.05) is 44.1 Å². The molecule has 1 aromatic carbocycles. The van der Waals surface area contributed by atoms with Gasteiger partial charge in [-0.1, -0.05) is 28.1 Å². The van der Waals surface area contributed by atoms with Crippen molar-refractivity contribution in [3.8, 4) is 0 Å². The van der Waals surface area contributed by atoms with Crippen molar-refractivity contribution in [3.05, 3.63) is 34.3 Å². The highest BCUT2D eigenvalue weighted by Gasteiger charge is 2.16. The zero-order valence-corrected chi connectivity index (χ0v) is 12.3. The Kier molecular flexibility index (Phi) is 4.78. The Labute approximate surface area is 117 Å². The summed E-state index contributed by atoms with van der Waals surface area (Å²) in [6, 6.07) is 8.43. The number of rotatable bonds is 2. The topological polar surface area (TPSA) is 23.6 Å². The molecule has 1 aromatic rings. The van der Waals surface area contributed by atoms with E-state index in [4.69, 9.17) is 0 Å². The summed E-state index contributed by atoms with van der Waals surface area (Å²) < 4.78 is 1.13. The Morgan fingerprint density at radius 3 is 2.83 bits per heavy atom. The highest BCUT2D eigenvalue weighted by Crippen LogP contribution is 2.14. The van der Waals surface area contributed by atoms with Crippen LogP contribution in [0.15, 0.2) is 28.7 Å². The van der Waals surface area contributed by atoms with Crippen LogP contribution >= 0.6 is 15.9 Å². The molecule has 1 fully saturated rings. The maximum atomic E-state index is 11.4. The second-order valence-electron chi connectivity index (χ2n) is 4.77. The van der Waals surface area contributed by atoms with Crippen LogP contribution in [0.4, 0.5) is 0 Å². The number of hydrogen-bond acceptors (Lipinski definition) is 2. The first-order chi connectivity index (χ1) is 8.65. The first-order valence-electron chi connectivity index (χ1n) is 6.37. The van der Waals surface area contributed by atoms with Crippen LogP contribution in [0.2, 0.25) is 0 Å². The average molecular weight is 311 g/mol.